The van der Waals surface area contributed by atoms with Crippen LogP contribution in [0.4, 0.5) is 10.5 Å². The van der Waals surface area contributed by atoms with Crippen molar-refractivity contribution in [3.05, 3.63) is 35.9 Å². The minimum absolute atomic E-state index is 0.111. The molecular formula is C18H25N3O5. The minimum Gasteiger partial charge on any atom is -0.507 e. The summed E-state index contributed by atoms with van der Waals surface area (Å²) >= 11 is 0. The smallest absolute Gasteiger partial charge is 0.407 e. The SMILES string of the molecule is Nc1ccc(C(=O)NCCNC(=O)OC2/C=C/CCC(O)CC2)c(O)c1. The van der Waals surface area contributed by atoms with E-state index in [4.69, 9.17) is 10.5 Å². The quantitative estimate of drug-likeness (QED) is 0.304. The Balaban J connectivity index is 1.69. The number of ether oxygens (including phenoxy) is 1. The molecule has 6 N–H and O–H groups in total. The van der Waals surface area contributed by atoms with Crippen LogP contribution in [0.2, 0.25) is 0 Å². The number of hydrogen-bond donors (Lipinski definition) is 5. The van der Waals surface area contributed by atoms with Crippen molar-refractivity contribution in [2.45, 2.75) is 37.9 Å². The van der Waals surface area contributed by atoms with Crippen LogP contribution >= 0.6 is 0 Å². The zero-order valence-electron chi connectivity index (χ0n) is 14.5. The molecule has 0 saturated heterocycles. The van der Waals surface area contributed by atoms with Crippen LogP contribution in [0.1, 0.15) is 36.0 Å². The van der Waals surface area contributed by atoms with Crippen molar-refractivity contribution in [1.29, 1.82) is 0 Å². The highest BCUT2D eigenvalue weighted by molar-refractivity contribution is 5.97. The first-order valence-electron chi connectivity index (χ1n) is 8.61. The van der Waals surface area contributed by atoms with Crippen molar-refractivity contribution in [3.63, 3.8) is 0 Å². The van der Waals surface area contributed by atoms with E-state index < -0.39 is 12.0 Å². The van der Waals surface area contributed by atoms with Crippen molar-refractivity contribution >= 4 is 17.7 Å². The number of amides is 2. The van der Waals surface area contributed by atoms with Crippen molar-refractivity contribution in [2.75, 3.05) is 18.8 Å². The summed E-state index contributed by atoms with van der Waals surface area (Å²) in [6, 6.07) is 4.24. The molecule has 1 aliphatic carbocycles. The van der Waals surface area contributed by atoms with Crippen LogP contribution in [0.25, 0.3) is 0 Å². The van der Waals surface area contributed by atoms with E-state index in [1.54, 1.807) is 0 Å². The van der Waals surface area contributed by atoms with Gasteiger partial charge < -0.3 is 31.3 Å². The lowest BCUT2D eigenvalue weighted by atomic mass is 10.0. The number of aliphatic hydroxyl groups excluding tert-OH is 1. The molecule has 0 spiro atoms. The number of aliphatic hydroxyl groups is 1. The maximum Gasteiger partial charge on any atom is 0.407 e. The number of benzene rings is 1. The summed E-state index contributed by atoms with van der Waals surface area (Å²) in [6.45, 7) is 0.357. The first-order chi connectivity index (χ1) is 12.5. The maximum absolute atomic E-state index is 12.0. The van der Waals surface area contributed by atoms with Gasteiger partial charge in [-0.05, 0) is 43.9 Å². The number of phenols is 1. The number of carbonyl (C=O) groups excluding carboxylic acids is 2. The molecule has 8 heteroatoms. The van der Waals surface area contributed by atoms with Crippen LogP contribution in [0.15, 0.2) is 30.4 Å². The molecule has 1 aromatic carbocycles. The molecular weight excluding hydrogens is 338 g/mol. The van der Waals surface area contributed by atoms with Crippen molar-refractivity contribution < 1.29 is 24.5 Å². The van der Waals surface area contributed by atoms with E-state index in [9.17, 15) is 19.8 Å². The number of phenolic OH excluding ortho intramolecular Hbond substituents is 1. The first-order valence-corrected chi connectivity index (χ1v) is 8.61. The molecule has 2 rings (SSSR count). The molecule has 1 aliphatic rings. The highest BCUT2D eigenvalue weighted by Crippen LogP contribution is 2.19. The van der Waals surface area contributed by atoms with Gasteiger partial charge in [-0.2, -0.15) is 0 Å². The molecule has 0 saturated carbocycles. The van der Waals surface area contributed by atoms with Crippen LogP contribution in [0.3, 0.4) is 0 Å². The lowest BCUT2D eigenvalue weighted by Gasteiger charge is -2.19. The van der Waals surface area contributed by atoms with Gasteiger partial charge in [-0.25, -0.2) is 4.79 Å². The number of nitrogens with two attached hydrogens (primary N) is 1. The van der Waals surface area contributed by atoms with Gasteiger partial charge in [0.25, 0.3) is 5.91 Å². The van der Waals surface area contributed by atoms with E-state index in [1.165, 1.54) is 18.2 Å². The number of hydrogen-bond acceptors (Lipinski definition) is 6. The van der Waals surface area contributed by atoms with Gasteiger partial charge in [-0.1, -0.05) is 6.08 Å². The lowest BCUT2D eigenvalue weighted by Crippen LogP contribution is -2.36. The molecule has 0 bridgehead atoms. The average molecular weight is 363 g/mol. The summed E-state index contributed by atoms with van der Waals surface area (Å²) in [7, 11) is 0. The van der Waals surface area contributed by atoms with E-state index in [1.807, 2.05) is 12.2 Å². The summed E-state index contributed by atoms with van der Waals surface area (Å²) in [4.78, 5) is 23.8. The highest BCUT2D eigenvalue weighted by atomic mass is 16.6. The Morgan fingerprint density at radius 1 is 1.19 bits per heavy atom. The largest absolute Gasteiger partial charge is 0.507 e. The maximum atomic E-state index is 12.0. The third kappa shape index (κ3) is 6.29. The van der Waals surface area contributed by atoms with Gasteiger partial charge in [0.1, 0.15) is 11.9 Å². The zero-order valence-corrected chi connectivity index (χ0v) is 14.5. The van der Waals surface area contributed by atoms with Crippen LogP contribution in [-0.2, 0) is 4.74 Å². The average Bonchev–Trinajstić information content (AvgIpc) is 2.58. The van der Waals surface area contributed by atoms with E-state index in [2.05, 4.69) is 10.6 Å². The van der Waals surface area contributed by atoms with Crippen LogP contribution in [0.5, 0.6) is 5.75 Å². The molecule has 8 nitrogen and oxygen atoms in total. The van der Waals surface area contributed by atoms with Gasteiger partial charge in [-0.3, -0.25) is 4.79 Å². The molecule has 0 radical (unpaired) electrons. The monoisotopic (exact) mass is 363 g/mol. The Bertz CT molecular complexity index is 662. The van der Waals surface area contributed by atoms with Crippen LogP contribution < -0.4 is 16.4 Å². The Morgan fingerprint density at radius 2 is 1.96 bits per heavy atom. The highest BCUT2D eigenvalue weighted by Gasteiger charge is 2.16. The third-order valence-electron chi connectivity index (χ3n) is 4.01. The van der Waals surface area contributed by atoms with E-state index >= 15 is 0 Å². The van der Waals surface area contributed by atoms with Gasteiger partial charge in [0, 0.05) is 24.8 Å². The minimum atomic E-state index is -0.584. The second-order valence-corrected chi connectivity index (χ2v) is 6.14. The second-order valence-electron chi connectivity index (χ2n) is 6.14. The summed E-state index contributed by atoms with van der Waals surface area (Å²) in [6.07, 6.45) is 5.05. The molecule has 2 atom stereocenters. The number of carbonyl (C=O) groups is 2. The molecule has 2 unspecified atom stereocenters. The predicted octanol–water partition coefficient (Wildman–Crippen LogP) is 1.29. The Morgan fingerprint density at radius 3 is 2.73 bits per heavy atom. The number of nitrogens with one attached hydrogen (secondary N) is 2. The Hall–Kier alpha value is -2.74. The molecule has 0 heterocycles. The standard InChI is InChI=1S/C18H25N3O5/c19-12-5-8-15(16(23)11-12)17(24)20-9-10-21-18(25)26-14-4-2-1-3-13(22)6-7-14/h2,4-5,8,11,13-14,22-23H,1,3,6-7,9-10,19H2,(H,20,24)(H,21,25)/b4-2+. The lowest BCUT2D eigenvalue weighted by molar-refractivity contribution is 0.0909. The molecule has 1 aromatic rings. The number of rotatable bonds is 5. The van der Waals surface area contributed by atoms with Crippen molar-refractivity contribution in [2.24, 2.45) is 0 Å². The molecule has 142 valence electrons. The van der Waals surface area contributed by atoms with Gasteiger partial charge >= 0.3 is 6.09 Å². The van der Waals surface area contributed by atoms with Gasteiger partial charge in [0.2, 0.25) is 0 Å². The number of allylic oxidation sites excluding steroid dienone is 1. The van der Waals surface area contributed by atoms with Crippen molar-refractivity contribution in [3.8, 4) is 5.75 Å². The van der Waals surface area contributed by atoms with E-state index in [-0.39, 0.29) is 36.6 Å². The number of alkyl carbamates (subject to hydrolysis) is 1. The summed E-state index contributed by atoms with van der Waals surface area (Å²) in [5, 5.41) is 24.5. The number of nitrogen functional groups attached to an aromatic ring is 1. The summed E-state index contributed by atoms with van der Waals surface area (Å²) < 4.78 is 5.28. The van der Waals surface area contributed by atoms with Gasteiger partial charge in [0.05, 0.1) is 11.7 Å². The normalized spacial score (nSPS) is 21.1. The Kier molecular flexibility index (Phi) is 7.28. The van der Waals surface area contributed by atoms with E-state index in [0.717, 1.165) is 12.8 Å². The fourth-order valence-electron chi connectivity index (χ4n) is 2.59. The summed E-state index contributed by atoms with van der Waals surface area (Å²) in [5.74, 6) is -0.664. The second kappa shape index (κ2) is 9.67. The molecule has 0 aliphatic heterocycles. The van der Waals surface area contributed by atoms with Gasteiger partial charge in [-0.15, -0.1) is 0 Å². The Labute approximate surface area is 152 Å². The van der Waals surface area contributed by atoms with Gasteiger partial charge in [0.15, 0.2) is 0 Å². The topological polar surface area (TPSA) is 134 Å². The first kappa shape index (κ1) is 19.6. The molecule has 26 heavy (non-hydrogen) atoms. The number of aromatic hydroxyl groups is 1. The predicted molar refractivity (Wildman–Crippen MR) is 96.7 cm³/mol. The fourth-order valence-corrected chi connectivity index (χ4v) is 2.59. The van der Waals surface area contributed by atoms with Crippen LogP contribution in [0, 0.1) is 0 Å². The fraction of sp³-hybridized carbons (Fsp3) is 0.444. The third-order valence-corrected chi connectivity index (χ3v) is 4.01. The van der Waals surface area contributed by atoms with Crippen molar-refractivity contribution in [1.82, 2.24) is 10.6 Å². The van der Waals surface area contributed by atoms with E-state index in [0.29, 0.717) is 18.5 Å². The molecule has 0 fully saturated rings. The summed E-state index contributed by atoms with van der Waals surface area (Å²) in [5.41, 5.74) is 5.99. The molecule has 2 amide bonds. The zero-order chi connectivity index (χ0) is 18.9. The van der Waals surface area contributed by atoms with Crippen LogP contribution in [-0.4, -0.2) is 47.5 Å². The molecule has 0 aromatic heterocycles. The number of anilines is 1.